The summed E-state index contributed by atoms with van der Waals surface area (Å²) >= 11 is 0. The van der Waals surface area contributed by atoms with Gasteiger partial charge in [-0.2, -0.15) is 0 Å². The average Bonchev–Trinajstić information content (AvgIpc) is 3.29. The van der Waals surface area contributed by atoms with E-state index < -0.39 is 0 Å². The van der Waals surface area contributed by atoms with Gasteiger partial charge in [-0.3, -0.25) is 14.7 Å². The Balaban J connectivity index is 1.47. The summed E-state index contributed by atoms with van der Waals surface area (Å²) < 4.78 is 5.50. The van der Waals surface area contributed by atoms with Crippen LogP contribution in [0.1, 0.15) is 37.3 Å². The molecule has 2 aliphatic heterocycles. The molecule has 1 atom stereocenters. The van der Waals surface area contributed by atoms with Gasteiger partial charge >= 0.3 is 0 Å². The van der Waals surface area contributed by atoms with Crippen molar-refractivity contribution in [3.63, 3.8) is 0 Å². The van der Waals surface area contributed by atoms with Gasteiger partial charge in [0.1, 0.15) is 5.75 Å². The normalized spacial score (nSPS) is 20.3. The molecule has 1 aromatic carbocycles. The minimum Gasteiger partial charge on any atom is -0.496 e. The highest BCUT2D eigenvalue weighted by atomic mass is 16.5. The summed E-state index contributed by atoms with van der Waals surface area (Å²) in [5, 5.41) is 0. The molecule has 0 unspecified atom stereocenters. The number of hydrogen-bond donors (Lipinski definition) is 0. The van der Waals surface area contributed by atoms with Gasteiger partial charge in [0.25, 0.3) is 0 Å². The zero-order chi connectivity index (χ0) is 19.3. The fourth-order valence-electron chi connectivity index (χ4n) is 4.38. The van der Waals surface area contributed by atoms with Crippen LogP contribution in [0.3, 0.4) is 0 Å². The van der Waals surface area contributed by atoms with Gasteiger partial charge in [-0.15, -0.1) is 0 Å². The Kier molecular flexibility index (Phi) is 5.91. The van der Waals surface area contributed by atoms with Crippen molar-refractivity contribution in [1.82, 2.24) is 14.8 Å². The van der Waals surface area contributed by atoms with E-state index in [4.69, 9.17) is 9.72 Å². The molecule has 0 aliphatic carbocycles. The van der Waals surface area contributed by atoms with E-state index in [0.717, 1.165) is 74.6 Å². The molecule has 1 aromatic heterocycles. The molecule has 148 valence electrons. The molecule has 5 heteroatoms. The highest BCUT2D eigenvalue weighted by Crippen LogP contribution is 2.31. The van der Waals surface area contributed by atoms with E-state index in [2.05, 4.69) is 17.0 Å². The van der Waals surface area contributed by atoms with E-state index in [1.54, 1.807) is 7.11 Å². The first kappa shape index (κ1) is 18.9. The number of aromatic nitrogens is 1. The first-order chi connectivity index (χ1) is 13.7. The fourth-order valence-corrected chi connectivity index (χ4v) is 4.38. The van der Waals surface area contributed by atoms with Crippen molar-refractivity contribution < 1.29 is 9.53 Å². The van der Waals surface area contributed by atoms with Crippen LogP contribution >= 0.6 is 0 Å². The summed E-state index contributed by atoms with van der Waals surface area (Å²) in [6.07, 6.45) is 4.53. The number of amides is 1. The molecule has 0 radical (unpaired) electrons. The molecule has 4 rings (SSSR count). The third-order valence-corrected chi connectivity index (χ3v) is 5.89. The third kappa shape index (κ3) is 4.20. The lowest BCUT2D eigenvalue weighted by Crippen LogP contribution is -2.43. The van der Waals surface area contributed by atoms with Crippen LogP contribution in [0.5, 0.6) is 5.75 Å². The summed E-state index contributed by atoms with van der Waals surface area (Å²) in [5.41, 5.74) is 3.07. The van der Waals surface area contributed by atoms with Crippen LogP contribution in [0, 0.1) is 0 Å². The maximum Gasteiger partial charge on any atom is 0.236 e. The lowest BCUT2D eigenvalue weighted by Gasteiger charge is -2.33. The average molecular weight is 380 g/mol. The van der Waals surface area contributed by atoms with Gasteiger partial charge in [0.2, 0.25) is 5.91 Å². The molecule has 2 aliphatic rings. The Hall–Kier alpha value is -2.40. The predicted octanol–water partition coefficient (Wildman–Crippen LogP) is 3.56. The molecule has 0 spiro atoms. The van der Waals surface area contributed by atoms with Crippen molar-refractivity contribution in [2.24, 2.45) is 0 Å². The summed E-state index contributed by atoms with van der Waals surface area (Å²) in [4.78, 5) is 21.8. The Morgan fingerprint density at radius 1 is 1.07 bits per heavy atom. The third-order valence-electron chi connectivity index (χ3n) is 5.89. The van der Waals surface area contributed by atoms with Crippen LogP contribution in [0.2, 0.25) is 0 Å². The maximum atomic E-state index is 12.5. The Morgan fingerprint density at radius 3 is 2.71 bits per heavy atom. The standard InChI is InChI=1S/C23H29N3O2/c1-28-22-12-3-2-9-19(22)21-11-6-10-20(24-21)18-8-7-13-25(16-18)17-23(27)26-14-4-5-15-26/h2-3,6,9-12,18H,4-5,7-8,13-17H2,1H3/t18-/m1/s1. The van der Waals surface area contributed by atoms with Crippen molar-refractivity contribution >= 4 is 5.91 Å². The molecule has 2 aromatic rings. The van der Waals surface area contributed by atoms with Crippen molar-refractivity contribution in [2.75, 3.05) is 39.8 Å². The van der Waals surface area contributed by atoms with E-state index in [9.17, 15) is 4.79 Å². The highest BCUT2D eigenvalue weighted by Gasteiger charge is 2.26. The van der Waals surface area contributed by atoms with Gasteiger partial charge in [-0.1, -0.05) is 18.2 Å². The number of ether oxygens (including phenoxy) is 1. The van der Waals surface area contributed by atoms with Gasteiger partial charge in [0.05, 0.1) is 19.3 Å². The fraction of sp³-hybridized carbons (Fsp3) is 0.478. The Labute approximate surface area is 167 Å². The van der Waals surface area contributed by atoms with Crippen LogP contribution in [0.25, 0.3) is 11.3 Å². The molecule has 5 nitrogen and oxygen atoms in total. The quantitative estimate of drug-likeness (QED) is 0.797. The Bertz CT molecular complexity index is 817. The number of carbonyl (C=O) groups excluding carboxylic acids is 1. The molecule has 0 bridgehead atoms. The zero-order valence-electron chi connectivity index (χ0n) is 16.6. The molecule has 2 saturated heterocycles. The van der Waals surface area contributed by atoms with Crippen LogP contribution in [0.15, 0.2) is 42.5 Å². The Morgan fingerprint density at radius 2 is 1.89 bits per heavy atom. The molecule has 3 heterocycles. The first-order valence-corrected chi connectivity index (χ1v) is 10.3. The molecule has 2 fully saturated rings. The van der Waals surface area contributed by atoms with E-state index in [1.807, 2.05) is 35.2 Å². The molecule has 0 saturated carbocycles. The van der Waals surface area contributed by atoms with Gasteiger partial charge < -0.3 is 9.64 Å². The van der Waals surface area contributed by atoms with Crippen molar-refractivity contribution in [3.8, 4) is 17.0 Å². The van der Waals surface area contributed by atoms with Crippen LogP contribution < -0.4 is 4.74 Å². The topological polar surface area (TPSA) is 45.7 Å². The molecule has 28 heavy (non-hydrogen) atoms. The molecule has 0 N–H and O–H groups in total. The second kappa shape index (κ2) is 8.74. The highest BCUT2D eigenvalue weighted by molar-refractivity contribution is 5.78. The number of rotatable bonds is 5. The monoisotopic (exact) mass is 379 g/mol. The van der Waals surface area contributed by atoms with E-state index >= 15 is 0 Å². The number of pyridine rings is 1. The van der Waals surface area contributed by atoms with Crippen LogP contribution in [-0.2, 0) is 4.79 Å². The SMILES string of the molecule is COc1ccccc1-c1cccc([C@@H]2CCCN(CC(=O)N3CCCC3)C2)n1. The van der Waals surface area contributed by atoms with Crippen molar-refractivity contribution in [3.05, 3.63) is 48.2 Å². The second-order valence-corrected chi connectivity index (χ2v) is 7.81. The van der Waals surface area contributed by atoms with Gasteiger partial charge in [-0.05, 0) is 56.5 Å². The minimum absolute atomic E-state index is 0.286. The largest absolute Gasteiger partial charge is 0.496 e. The first-order valence-electron chi connectivity index (χ1n) is 10.3. The number of hydrogen-bond acceptors (Lipinski definition) is 4. The van der Waals surface area contributed by atoms with Crippen molar-refractivity contribution in [2.45, 2.75) is 31.6 Å². The summed E-state index contributed by atoms with van der Waals surface area (Å²) in [5.74, 6) is 1.50. The lowest BCUT2D eigenvalue weighted by molar-refractivity contribution is -0.131. The van der Waals surface area contributed by atoms with E-state index in [0.29, 0.717) is 12.5 Å². The predicted molar refractivity (Wildman–Crippen MR) is 110 cm³/mol. The number of methoxy groups -OCH3 is 1. The maximum absolute atomic E-state index is 12.5. The van der Waals surface area contributed by atoms with Gasteiger partial charge in [0.15, 0.2) is 0 Å². The number of benzene rings is 1. The smallest absolute Gasteiger partial charge is 0.236 e. The zero-order valence-corrected chi connectivity index (χ0v) is 16.6. The summed E-state index contributed by atoms with van der Waals surface area (Å²) in [6, 6.07) is 14.2. The summed E-state index contributed by atoms with van der Waals surface area (Å²) in [7, 11) is 1.69. The molecular formula is C23H29N3O2. The molecular weight excluding hydrogens is 350 g/mol. The lowest BCUT2D eigenvalue weighted by atomic mass is 9.93. The van der Waals surface area contributed by atoms with Gasteiger partial charge in [0, 0.05) is 36.8 Å². The van der Waals surface area contributed by atoms with Crippen LogP contribution in [0.4, 0.5) is 0 Å². The number of carbonyl (C=O) groups is 1. The van der Waals surface area contributed by atoms with E-state index in [-0.39, 0.29) is 5.91 Å². The van der Waals surface area contributed by atoms with Crippen molar-refractivity contribution in [1.29, 1.82) is 0 Å². The summed E-state index contributed by atoms with van der Waals surface area (Å²) in [6.45, 7) is 4.31. The second-order valence-electron chi connectivity index (χ2n) is 7.81. The molecule has 1 amide bonds. The van der Waals surface area contributed by atoms with E-state index in [1.165, 1.54) is 0 Å². The number of piperidine rings is 1. The number of para-hydroxylation sites is 1. The minimum atomic E-state index is 0.286. The van der Waals surface area contributed by atoms with Gasteiger partial charge in [-0.25, -0.2) is 0 Å². The van der Waals surface area contributed by atoms with Crippen LogP contribution in [-0.4, -0.2) is 60.5 Å². The number of likely N-dealkylation sites (tertiary alicyclic amines) is 2. The number of nitrogens with zero attached hydrogens (tertiary/aromatic N) is 3.